The molecule has 3 rings (SSSR count). The second-order valence-corrected chi connectivity index (χ2v) is 6.60. The van der Waals surface area contributed by atoms with Gasteiger partial charge in [-0.3, -0.25) is 4.72 Å². The highest BCUT2D eigenvalue weighted by Gasteiger charge is 2.22. The fourth-order valence-electron chi connectivity index (χ4n) is 2.11. The van der Waals surface area contributed by atoms with Crippen molar-refractivity contribution >= 4 is 15.8 Å². The number of hydrogen-bond acceptors (Lipinski definition) is 4. The van der Waals surface area contributed by atoms with E-state index in [2.05, 4.69) is 14.8 Å². The van der Waals surface area contributed by atoms with Crippen LogP contribution in [-0.4, -0.2) is 23.2 Å². The van der Waals surface area contributed by atoms with E-state index in [4.69, 9.17) is 0 Å². The predicted molar refractivity (Wildman–Crippen MR) is 83.3 cm³/mol. The fraction of sp³-hybridized carbons (Fsp3) is 0.0667. The number of hydrogen-bond donors (Lipinski definition) is 1. The van der Waals surface area contributed by atoms with Crippen LogP contribution in [-0.2, 0) is 10.0 Å². The molecule has 0 bridgehead atoms. The molecule has 0 saturated carbocycles. The second-order valence-electron chi connectivity index (χ2n) is 4.95. The number of anilines is 1. The summed E-state index contributed by atoms with van der Waals surface area (Å²) in [5.74, 6) is -1.55. The number of nitrogens with one attached hydrogen (secondary N) is 1. The number of pyridine rings is 1. The van der Waals surface area contributed by atoms with Crippen LogP contribution in [0.2, 0.25) is 0 Å². The van der Waals surface area contributed by atoms with Crippen molar-refractivity contribution in [3.05, 3.63) is 66.0 Å². The molecule has 0 amide bonds. The summed E-state index contributed by atoms with van der Waals surface area (Å²) in [6.07, 6.45) is 1.53. The summed E-state index contributed by atoms with van der Waals surface area (Å²) < 4.78 is 55.1. The van der Waals surface area contributed by atoms with E-state index in [1.54, 1.807) is 25.1 Å². The Labute approximate surface area is 136 Å². The van der Waals surface area contributed by atoms with E-state index in [1.165, 1.54) is 16.9 Å². The summed E-state index contributed by atoms with van der Waals surface area (Å²) in [6, 6.07) is 8.79. The van der Waals surface area contributed by atoms with E-state index in [1.807, 2.05) is 0 Å². The highest BCUT2D eigenvalue weighted by Crippen LogP contribution is 2.22. The second kappa shape index (κ2) is 6.00. The Morgan fingerprint density at radius 3 is 2.58 bits per heavy atom. The van der Waals surface area contributed by atoms with Gasteiger partial charge in [0.05, 0.1) is 5.69 Å². The van der Waals surface area contributed by atoms with E-state index in [0.717, 1.165) is 12.1 Å². The fourth-order valence-corrected chi connectivity index (χ4v) is 3.21. The lowest BCUT2D eigenvalue weighted by Gasteiger charge is -2.10. The van der Waals surface area contributed by atoms with Gasteiger partial charge >= 0.3 is 0 Å². The summed E-state index contributed by atoms with van der Waals surface area (Å²) in [5.41, 5.74) is 0.540. The molecule has 0 fully saturated rings. The molecule has 2 heterocycles. The average Bonchev–Trinajstić information content (AvgIpc) is 2.87. The number of sulfonamides is 1. The summed E-state index contributed by atoms with van der Waals surface area (Å²) in [7, 11) is -4.26. The summed E-state index contributed by atoms with van der Waals surface area (Å²) in [4.78, 5) is 3.44. The van der Waals surface area contributed by atoms with Crippen LogP contribution in [0.1, 0.15) is 5.69 Å². The van der Waals surface area contributed by atoms with Crippen molar-refractivity contribution in [1.82, 2.24) is 14.8 Å². The quantitative estimate of drug-likeness (QED) is 0.785. The number of rotatable bonds is 4. The van der Waals surface area contributed by atoms with Crippen LogP contribution in [0.15, 0.2) is 53.6 Å². The SMILES string of the molecule is Cc1cc(NS(=O)(=O)c2ccc(F)cc2F)n(-c2ccccn2)n1. The first-order valence-electron chi connectivity index (χ1n) is 6.83. The third-order valence-corrected chi connectivity index (χ3v) is 4.51. The van der Waals surface area contributed by atoms with Crippen LogP contribution in [0, 0.1) is 18.6 Å². The van der Waals surface area contributed by atoms with Gasteiger partial charge in [0.25, 0.3) is 10.0 Å². The Balaban J connectivity index is 2.02. The Morgan fingerprint density at radius 1 is 1.12 bits per heavy atom. The van der Waals surface area contributed by atoms with Gasteiger partial charge in [-0.15, -0.1) is 0 Å². The van der Waals surface area contributed by atoms with E-state index in [-0.39, 0.29) is 5.82 Å². The van der Waals surface area contributed by atoms with Gasteiger partial charge in [-0.2, -0.15) is 9.78 Å². The normalized spacial score (nSPS) is 11.5. The van der Waals surface area contributed by atoms with E-state index in [9.17, 15) is 17.2 Å². The molecule has 2 aromatic heterocycles. The molecular weight excluding hydrogens is 338 g/mol. The largest absolute Gasteiger partial charge is 0.265 e. The van der Waals surface area contributed by atoms with Crippen molar-refractivity contribution in [2.24, 2.45) is 0 Å². The molecule has 24 heavy (non-hydrogen) atoms. The topological polar surface area (TPSA) is 76.9 Å². The number of benzene rings is 1. The van der Waals surface area contributed by atoms with Crippen LogP contribution < -0.4 is 4.72 Å². The summed E-state index contributed by atoms with van der Waals surface area (Å²) in [6.45, 7) is 1.68. The van der Waals surface area contributed by atoms with Crippen molar-refractivity contribution in [2.45, 2.75) is 11.8 Å². The first kappa shape index (κ1) is 16.1. The molecule has 0 saturated heterocycles. The van der Waals surface area contributed by atoms with Gasteiger partial charge in [-0.1, -0.05) is 6.07 Å². The number of aryl methyl sites for hydroxylation is 1. The molecule has 0 radical (unpaired) electrons. The minimum atomic E-state index is -4.26. The van der Waals surface area contributed by atoms with Gasteiger partial charge in [0.2, 0.25) is 0 Å². The van der Waals surface area contributed by atoms with Crippen LogP contribution in [0.25, 0.3) is 5.82 Å². The minimum Gasteiger partial charge on any atom is -0.263 e. The highest BCUT2D eigenvalue weighted by molar-refractivity contribution is 7.92. The predicted octanol–water partition coefficient (Wildman–Crippen LogP) is 2.65. The van der Waals surface area contributed by atoms with Gasteiger partial charge in [-0.05, 0) is 31.2 Å². The van der Waals surface area contributed by atoms with Gasteiger partial charge in [0.1, 0.15) is 22.3 Å². The molecule has 1 N–H and O–H groups in total. The first-order valence-corrected chi connectivity index (χ1v) is 8.31. The molecule has 0 aliphatic carbocycles. The van der Waals surface area contributed by atoms with Crippen molar-refractivity contribution in [1.29, 1.82) is 0 Å². The maximum absolute atomic E-state index is 13.8. The maximum Gasteiger partial charge on any atom is 0.265 e. The molecule has 0 unspecified atom stereocenters. The zero-order chi connectivity index (χ0) is 17.3. The molecule has 124 valence electrons. The van der Waals surface area contributed by atoms with Crippen molar-refractivity contribution in [2.75, 3.05) is 4.72 Å². The van der Waals surface area contributed by atoms with Crippen molar-refractivity contribution < 1.29 is 17.2 Å². The van der Waals surface area contributed by atoms with E-state index >= 15 is 0 Å². The first-order chi connectivity index (χ1) is 11.4. The van der Waals surface area contributed by atoms with Crippen LogP contribution in [0.5, 0.6) is 0 Å². The monoisotopic (exact) mass is 350 g/mol. The maximum atomic E-state index is 13.8. The Morgan fingerprint density at radius 2 is 1.92 bits per heavy atom. The molecule has 9 heteroatoms. The average molecular weight is 350 g/mol. The standard InChI is InChI=1S/C15H12F2N4O2S/c1-10-8-15(21(19-10)14-4-2-3-7-18-14)20-24(22,23)13-6-5-11(16)9-12(13)17/h2-9,20H,1H3. The lowest BCUT2D eigenvalue weighted by atomic mass is 10.3. The molecule has 3 aromatic rings. The van der Waals surface area contributed by atoms with Gasteiger partial charge in [-0.25, -0.2) is 22.2 Å². The van der Waals surface area contributed by atoms with Crippen molar-refractivity contribution in [3.63, 3.8) is 0 Å². The molecule has 0 atom stereocenters. The molecule has 0 aliphatic rings. The molecular formula is C15H12F2N4O2S. The highest BCUT2D eigenvalue weighted by atomic mass is 32.2. The minimum absolute atomic E-state index is 0.0925. The lowest BCUT2D eigenvalue weighted by molar-refractivity contribution is 0.551. The van der Waals surface area contributed by atoms with E-state index < -0.39 is 26.6 Å². The Bertz CT molecular complexity index is 988. The third-order valence-electron chi connectivity index (χ3n) is 3.12. The Kier molecular flexibility index (Phi) is 4.02. The van der Waals surface area contributed by atoms with E-state index in [0.29, 0.717) is 17.6 Å². The summed E-state index contributed by atoms with van der Waals surface area (Å²) >= 11 is 0. The third kappa shape index (κ3) is 3.11. The summed E-state index contributed by atoms with van der Waals surface area (Å²) in [5, 5.41) is 4.17. The van der Waals surface area contributed by atoms with Gasteiger partial charge < -0.3 is 0 Å². The lowest BCUT2D eigenvalue weighted by Crippen LogP contribution is -2.17. The van der Waals surface area contributed by atoms with Crippen molar-refractivity contribution in [3.8, 4) is 5.82 Å². The number of nitrogens with zero attached hydrogens (tertiary/aromatic N) is 3. The smallest absolute Gasteiger partial charge is 0.263 e. The number of aromatic nitrogens is 3. The number of halogens is 2. The van der Waals surface area contributed by atoms with Crippen LogP contribution in [0.4, 0.5) is 14.6 Å². The molecule has 1 aromatic carbocycles. The molecule has 0 aliphatic heterocycles. The molecule has 0 spiro atoms. The van der Waals surface area contributed by atoms with Crippen LogP contribution >= 0.6 is 0 Å². The van der Waals surface area contributed by atoms with Gasteiger partial charge in [0.15, 0.2) is 5.82 Å². The Hall–Kier alpha value is -2.81. The molecule has 6 nitrogen and oxygen atoms in total. The van der Waals surface area contributed by atoms with Gasteiger partial charge in [0, 0.05) is 18.3 Å². The zero-order valence-electron chi connectivity index (χ0n) is 12.4. The van der Waals surface area contributed by atoms with Crippen LogP contribution in [0.3, 0.4) is 0 Å². The zero-order valence-corrected chi connectivity index (χ0v) is 13.3.